The van der Waals surface area contributed by atoms with Crippen LogP contribution >= 0.6 is 12.2 Å². The molecular formula is C20H17F2N3S. The van der Waals surface area contributed by atoms with E-state index in [1.54, 1.807) is 24.3 Å². The predicted molar refractivity (Wildman–Crippen MR) is 102 cm³/mol. The third-order valence-corrected chi connectivity index (χ3v) is 4.93. The molecule has 3 aromatic rings. The molecule has 3 nitrogen and oxygen atoms in total. The summed E-state index contributed by atoms with van der Waals surface area (Å²) in [6.45, 7) is 1.41. The Bertz CT molecular complexity index is 936. The first kappa shape index (κ1) is 16.7. The third-order valence-electron chi connectivity index (χ3n) is 4.59. The molecule has 1 aliphatic heterocycles. The molecule has 1 atom stereocenters. The summed E-state index contributed by atoms with van der Waals surface area (Å²) >= 11 is 5.60. The van der Waals surface area contributed by atoms with Crippen LogP contribution in [0.1, 0.15) is 17.3 Å². The highest BCUT2D eigenvalue weighted by Gasteiger charge is 2.32. The normalized spacial score (nSPS) is 16.2. The van der Waals surface area contributed by atoms with Gasteiger partial charge in [0.15, 0.2) is 5.11 Å². The minimum absolute atomic E-state index is 0.262. The minimum atomic E-state index is -0.319. The molecule has 0 bridgehead atoms. The molecule has 0 aliphatic carbocycles. The molecule has 26 heavy (non-hydrogen) atoms. The van der Waals surface area contributed by atoms with Gasteiger partial charge in [0.2, 0.25) is 0 Å². The summed E-state index contributed by atoms with van der Waals surface area (Å²) in [5.74, 6) is -0.566. The molecule has 0 spiro atoms. The fourth-order valence-electron chi connectivity index (χ4n) is 3.35. The van der Waals surface area contributed by atoms with Crippen molar-refractivity contribution in [2.45, 2.75) is 12.6 Å². The predicted octanol–water partition coefficient (Wildman–Crippen LogP) is 4.57. The smallest absolute Gasteiger partial charge is 0.174 e. The molecule has 1 N–H and O–H groups in total. The molecule has 2 aromatic carbocycles. The summed E-state index contributed by atoms with van der Waals surface area (Å²) in [5, 5.41) is 3.62. The van der Waals surface area contributed by atoms with Gasteiger partial charge in [0, 0.05) is 36.2 Å². The van der Waals surface area contributed by atoms with Gasteiger partial charge in [0.1, 0.15) is 11.6 Å². The van der Waals surface area contributed by atoms with Crippen molar-refractivity contribution in [2.24, 2.45) is 0 Å². The number of aromatic nitrogens is 1. The van der Waals surface area contributed by atoms with Crippen molar-refractivity contribution in [3.8, 4) is 0 Å². The zero-order valence-corrected chi connectivity index (χ0v) is 14.7. The fraction of sp³-hybridized carbons (Fsp3) is 0.150. The van der Waals surface area contributed by atoms with E-state index >= 15 is 0 Å². The SMILES string of the molecule is Fc1ccc(NC(=S)N2CCn3cccc3[C@@H]2c2ccccc2F)cc1. The summed E-state index contributed by atoms with van der Waals surface area (Å²) in [4.78, 5) is 1.98. The second-order valence-electron chi connectivity index (χ2n) is 6.18. The van der Waals surface area contributed by atoms with E-state index in [0.29, 0.717) is 22.9 Å². The van der Waals surface area contributed by atoms with Gasteiger partial charge >= 0.3 is 0 Å². The van der Waals surface area contributed by atoms with Gasteiger partial charge in [-0.1, -0.05) is 18.2 Å². The highest BCUT2D eigenvalue weighted by molar-refractivity contribution is 7.80. The monoisotopic (exact) mass is 369 g/mol. The number of halogens is 2. The van der Waals surface area contributed by atoms with Gasteiger partial charge in [0.25, 0.3) is 0 Å². The minimum Gasteiger partial charge on any atom is -0.348 e. The Morgan fingerprint density at radius 1 is 0.962 bits per heavy atom. The van der Waals surface area contributed by atoms with Gasteiger partial charge in [-0.05, 0) is 54.7 Å². The lowest BCUT2D eigenvalue weighted by Crippen LogP contribution is -2.44. The van der Waals surface area contributed by atoms with Gasteiger partial charge in [-0.25, -0.2) is 8.78 Å². The van der Waals surface area contributed by atoms with Crippen molar-refractivity contribution in [3.63, 3.8) is 0 Å². The summed E-state index contributed by atoms with van der Waals surface area (Å²) in [6.07, 6.45) is 2.00. The van der Waals surface area contributed by atoms with E-state index < -0.39 is 0 Å². The summed E-state index contributed by atoms with van der Waals surface area (Å²) in [5.41, 5.74) is 2.27. The molecule has 0 saturated heterocycles. The van der Waals surface area contributed by atoms with Crippen LogP contribution in [0.5, 0.6) is 0 Å². The highest BCUT2D eigenvalue weighted by atomic mass is 32.1. The average Bonchev–Trinajstić information content (AvgIpc) is 3.12. The van der Waals surface area contributed by atoms with Crippen LogP contribution in [0.3, 0.4) is 0 Å². The van der Waals surface area contributed by atoms with E-state index in [0.717, 1.165) is 12.2 Å². The number of nitrogens with one attached hydrogen (secondary N) is 1. The Hall–Kier alpha value is -2.73. The molecule has 4 rings (SSSR count). The number of hydrogen-bond donors (Lipinski definition) is 1. The van der Waals surface area contributed by atoms with Crippen LogP contribution in [0.4, 0.5) is 14.5 Å². The first-order valence-electron chi connectivity index (χ1n) is 8.36. The number of thiocarbonyl (C=S) groups is 1. The van der Waals surface area contributed by atoms with E-state index in [9.17, 15) is 8.78 Å². The van der Waals surface area contributed by atoms with Crippen LogP contribution in [-0.4, -0.2) is 21.1 Å². The molecule has 0 fully saturated rings. The highest BCUT2D eigenvalue weighted by Crippen LogP contribution is 2.34. The summed E-state index contributed by atoms with van der Waals surface area (Å²) < 4.78 is 29.8. The zero-order chi connectivity index (χ0) is 18.1. The van der Waals surface area contributed by atoms with E-state index in [1.807, 2.05) is 29.3 Å². The van der Waals surface area contributed by atoms with Crippen LogP contribution in [0.15, 0.2) is 66.9 Å². The summed E-state index contributed by atoms with van der Waals surface area (Å²) in [6, 6.07) is 16.4. The van der Waals surface area contributed by atoms with E-state index in [2.05, 4.69) is 9.88 Å². The molecule has 6 heteroatoms. The Kier molecular flexibility index (Phi) is 4.42. The number of hydrogen-bond acceptors (Lipinski definition) is 1. The lowest BCUT2D eigenvalue weighted by Gasteiger charge is -2.39. The van der Waals surface area contributed by atoms with Gasteiger partial charge in [-0.3, -0.25) is 0 Å². The fourth-order valence-corrected chi connectivity index (χ4v) is 3.67. The largest absolute Gasteiger partial charge is 0.348 e. The first-order chi connectivity index (χ1) is 12.6. The number of rotatable bonds is 2. The molecule has 0 saturated carbocycles. The molecule has 1 aliphatic rings. The molecule has 0 radical (unpaired) electrons. The molecule has 2 heterocycles. The number of benzene rings is 2. The second kappa shape index (κ2) is 6.88. The standard InChI is InChI=1S/C20H17F2N3S/c21-14-7-9-15(10-8-14)23-20(26)25-13-12-24-11-3-6-18(24)19(25)16-4-1-2-5-17(16)22/h1-11,19H,12-13H2,(H,23,26)/t19-/m0/s1. The van der Waals surface area contributed by atoms with Crippen molar-refractivity contribution >= 4 is 23.0 Å². The maximum atomic E-state index is 14.5. The van der Waals surface area contributed by atoms with E-state index in [1.165, 1.54) is 18.2 Å². The maximum absolute atomic E-state index is 14.5. The second-order valence-corrected chi connectivity index (χ2v) is 6.57. The molecule has 1 aromatic heterocycles. The Morgan fingerprint density at radius 3 is 2.50 bits per heavy atom. The van der Waals surface area contributed by atoms with E-state index in [-0.39, 0.29) is 17.7 Å². The van der Waals surface area contributed by atoms with Crippen molar-refractivity contribution in [3.05, 3.63) is 89.8 Å². The van der Waals surface area contributed by atoms with Gasteiger partial charge in [-0.2, -0.15) is 0 Å². The third kappa shape index (κ3) is 3.08. The van der Waals surface area contributed by atoms with Crippen LogP contribution in [0.2, 0.25) is 0 Å². The van der Waals surface area contributed by atoms with Crippen molar-refractivity contribution < 1.29 is 8.78 Å². The lowest BCUT2D eigenvalue weighted by atomic mass is 10.00. The van der Waals surface area contributed by atoms with Crippen LogP contribution in [0.25, 0.3) is 0 Å². The Labute approximate surface area is 155 Å². The van der Waals surface area contributed by atoms with Gasteiger partial charge in [-0.15, -0.1) is 0 Å². The number of nitrogens with zero attached hydrogens (tertiary/aromatic N) is 2. The van der Waals surface area contributed by atoms with Gasteiger partial charge in [0.05, 0.1) is 6.04 Å². The van der Waals surface area contributed by atoms with Crippen LogP contribution in [0, 0.1) is 11.6 Å². The van der Waals surface area contributed by atoms with E-state index in [4.69, 9.17) is 12.2 Å². The van der Waals surface area contributed by atoms with Crippen molar-refractivity contribution in [1.29, 1.82) is 0 Å². The molecule has 132 valence electrons. The number of anilines is 1. The van der Waals surface area contributed by atoms with Crippen LogP contribution in [-0.2, 0) is 6.54 Å². The van der Waals surface area contributed by atoms with Crippen LogP contribution < -0.4 is 5.32 Å². The average molecular weight is 369 g/mol. The van der Waals surface area contributed by atoms with Crippen molar-refractivity contribution in [2.75, 3.05) is 11.9 Å². The zero-order valence-electron chi connectivity index (χ0n) is 13.9. The van der Waals surface area contributed by atoms with Gasteiger partial charge < -0.3 is 14.8 Å². The lowest BCUT2D eigenvalue weighted by molar-refractivity contribution is 0.288. The molecular weight excluding hydrogens is 352 g/mol. The topological polar surface area (TPSA) is 20.2 Å². The number of fused-ring (bicyclic) bond motifs is 1. The quantitative estimate of drug-likeness (QED) is 0.669. The summed E-state index contributed by atoms with van der Waals surface area (Å²) in [7, 11) is 0. The molecule has 0 amide bonds. The first-order valence-corrected chi connectivity index (χ1v) is 8.77. The molecule has 0 unspecified atom stereocenters. The maximum Gasteiger partial charge on any atom is 0.174 e. The Balaban J connectivity index is 1.69. The Morgan fingerprint density at radius 2 is 1.73 bits per heavy atom. The van der Waals surface area contributed by atoms with Crippen molar-refractivity contribution in [1.82, 2.24) is 9.47 Å².